The number of anilines is 1. The van der Waals surface area contributed by atoms with E-state index in [9.17, 15) is 14.0 Å². The Labute approximate surface area is 162 Å². The zero-order chi connectivity index (χ0) is 18.7. The van der Waals surface area contributed by atoms with Gasteiger partial charge in [-0.05, 0) is 45.1 Å². The van der Waals surface area contributed by atoms with E-state index in [2.05, 4.69) is 0 Å². The van der Waals surface area contributed by atoms with Gasteiger partial charge in [0.05, 0.1) is 16.6 Å². The maximum Gasteiger partial charge on any atom is 0.350 e. The predicted molar refractivity (Wildman–Crippen MR) is 107 cm³/mol. The van der Waals surface area contributed by atoms with E-state index in [1.165, 1.54) is 6.07 Å². The first-order valence-electron chi connectivity index (χ1n) is 9.07. The molecule has 2 heterocycles. The Kier molecular flexibility index (Phi) is 4.98. The monoisotopic (exact) mass is 397 g/mol. The smallest absolute Gasteiger partial charge is 0.350 e. The van der Waals surface area contributed by atoms with Crippen molar-refractivity contribution in [2.24, 2.45) is 11.7 Å². The van der Waals surface area contributed by atoms with Crippen molar-refractivity contribution in [3.05, 3.63) is 38.3 Å². The lowest BCUT2D eigenvalue weighted by atomic mass is 10.0. The summed E-state index contributed by atoms with van der Waals surface area (Å²) >= 11 is 0. The van der Waals surface area contributed by atoms with Crippen molar-refractivity contribution in [2.45, 2.75) is 45.2 Å². The minimum absolute atomic E-state index is 0. The normalized spacial score (nSPS) is 20.7. The molecular formula is C18H25ClFN5O2. The minimum Gasteiger partial charge on any atom is -0.369 e. The third kappa shape index (κ3) is 3.00. The maximum atomic E-state index is 15.0. The zero-order valence-electron chi connectivity index (χ0n) is 15.4. The number of hydrogen-bond donors (Lipinski definition) is 2. The zero-order valence-corrected chi connectivity index (χ0v) is 16.3. The van der Waals surface area contributed by atoms with Crippen LogP contribution in [-0.4, -0.2) is 28.4 Å². The van der Waals surface area contributed by atoms with Gasteiger partial charge >= 0.3 is 5.69 Å². The van der Waals surface area contributed by atoms with Crippen molar-refractivity contribution in [3.63, 3.8) is 0 Å². The van der Waals surface area contributed by atoms with Crippen molar-refractivity contribution in [1.29, 1.82) is 0 Å². The van der Waals surface area contributed by atoms with Gasteiger partial charge in [-0.15, -0.1) is 12.4 Å². The second-order valence-electron chi connectivity index (χ2n) is 7.64. The summed E-state index contributed by atoms with van der Waals surface area (Å²) in [6.07, 6.45) is 2.61. The van der Waals surface area contributed by atoms with Crippen LogP contribution in [0.2, 0.25) is 0 Å². The molecule has 1 aliphatic carbocycles. The van der Waals surface area contributed by atoms with Gasteiger partial charge in [-0.1, -0.05) is 0 Å². The number of aromatic nitrogens is 2. The molecular weight excluding hydrogens is 373 g/mol. The predicted octanol–water partition coefficient (Wildman–Crippen LogP) is 1.25. The highest BCUT2D eigenvalue weighted by molar-refractivity contribution is 5.87. The van der Waals surface area contributed by atoms with E-state index in [1.807, 2.05) is 11.8 Å². The SMILES string of the molecule is Cc1c(N2CC[C@H]([C@H](C)N)C2)c(F)cc2c(=O)n(N)c(=O)n(C3CC3)c12.Cl. The van der Waals surface area contributed by atoms with Gasteiger partial charge in [0, 0.05) is 30.7 Å². The molecule has 4 N–H and O–H groups in total. The summed E-state index contributed by atoms with van der Waals surface area (Å²) < 4.78 is 17.1. The van der Waals surface area contributed by atoms with Crippen LogP contribution in [0.4, 0.5) is 10.1 Å². The Morgan fingerprint density at radius 3 is 2.48 bits per heavy atom. The first-order chi connectivity index (χ1) is 12.3. The number of benzene rings is 1. The molecule has 0 spiro atoms. The Hall–Kier alpha value is -2.06. The fraction of sp³-hybridized carbons (Fsp3) is 0.556. The molecule has 1 aliphatic heterocycles. The second kappa shape index (κ2) is 6.83. The molecule has 2 fully saturated rings. The van der Waals surface area contributed by atoms with Gasteiger partial charge in [0.2, 0.25) is 0 Å². The molecule has 27 heavy (non-hydrogen) atoms. The summed E-state index contributed by atoms with van der Waals surface area (Å²) in [5.41, 5.74) is 6.39. The highest BCUT2D eigenvalue weighted by Crippen LogP contribution is 2.39. The number of fused-ring (bicyclic) bond motifs is 1. The van der Waals surface area contributed by atoms with Crippen molar-refractivity contribution in [2.75, 3.05) is 23.8 Å². The number of nitrogens with two attached hydrogens (primary N) is 2. The summed E-state index contributed by atoms with van der Waals surface area (Å²) in [5, 5.41) is 0.153. The molecule has 2 aliphatic rings. The molecule has 2 aromatic rings. The molecule has 0 radical (unpaired) electrons. The number of hydrogen-bond acceptors (Lipinski definition) is 5. The van der Waals surface area contributed by atoms with Crippen LogP contribution in [0.5, 0.6) is 0 Å². The van der Waals surface area contributed by atoms with Crippen LogP contribution >= 0.6 is 12.4 Å². The molecule has 0 unspecified atom stereocenters. The van der Waals surface area contributed by atoms with E-state index in [0.717, 1.165) is 19.3 Å². The van der Waals surface area contributed by atoms with Crippen LogP contribution in [0.15, 0.2) is 15.7 Å². The van der Waals surface area contributed by atoms with Gasteiger partial charge in [0.1, 0.15) is 5.82 Å². The van der Waals surface area contributed by atoms with Crippen LogP contribution < -0.4 is 27.7 Å². The van der Waals surface area contributed by atoms with E-state index < -0.39 is 17.1 Å². The van der Waals surface area contributed by atoms with Gasteiger partial charge in [-0.25, -0.2) is 9.18 Å². The summed E-state index contributed by atoms with van der Waals surface area (Å²) in [5.74, 6) is 5.49. The van der Waals surface area contributed by atoms with Crippen molar-refractivity contribution in [3.8, 4) is 0 Å². The highest BCUT2D eigenvalue weighted by atomic mass is 35.5. The fourth-order valence-electron chi connectivity index (χ4n) is 4.14. The van der Waals surface area contributed by atoms with E-state index in [0.29, 0.717) is 40.5 Å². The number of nitrogen functional groups attached to an aromatic ring is 1. The molecule has 0 amide bonds. The van der Waals surface area contributed by atoms with E-state index in [4.69, 9.17) is 11.6 Å². The Bertz CT molecular complexity index is 1010. The molecule has 148 valence electrons. The molecule has 2 atom stereocenters. The Morgan fingerprint density at radius 2 is 1.93 bits per heavy atom. The van der Waals surface area contributed by atoms with Crippen LogP contribution in [0, 0.1) is 18.7 Å². The summed E-state index contributed by atoms with van der Waals surface area (Å²) in [6.45, 7) is 5.12. The first-order valence-corrected chi connectivity index (χ1v) is 9.07. The lowest BCUT2D eigenvalue weighted by molar-refractivity contribution is 0.487. The van der Waals surface area contributed by atoms with E-state index >= 15 is 0 Å². The molecule has 1 saturated heterocycles. The quantitative estimate of drug-likeness (QED) is 0.759. The van der Waals surface area contributed by atoms with Crippen molar-refractivity contribution in [1.82, 2.24) is 9.24 Å². The average Bonchev–Trinajstić information content (AvgIpc) is 3.30. The van der Waals surface area contributed by atoms with Crippen LogP contribution in [0.1, 0.15) is 37.8 Å². The number of rotatable bonds is 3. The van der Waals surface area contributed by atoms with Gasteiger partial charge in [0.25, 0.3) is 5.56 Å². The molecule has 0 bridgehead atoms. The minimum atomic E-state index is -0.662. The van der Waals surface area contributed by atoms with E-state index in [-0.39, 0.29) is 29.9 Å². The van der Waals surface area contributed by atoms with Gasteiger partial charge in [-0.3, -0.25) is 9.36 Å². The standard InChI is InChI=1S/C18H24FN5O2.ClH/c1-9-15-13(17(25)24(21)18(26)23(15)12-3-4-12)7-14(19)16(9)22-6-5-11(8-22)10(2)20;/h7,10-12H,3-6,8,20-21H2,1-2H3;1H/t10-,11-;/m0./s1. The maximum absolute atomic E-state index is 15.0. The lowest BCUT2D eigenvalue weighted by Gasteiger charge is -2.24. The van der Waals surface area contributed by atoms with Gasteiger partial charge < -0.3 is 16.5 Å². The van der Waals surface area contributed by atoms with Crippen LogP contribution in [0.25, 0.3) is 10.9 Å². The Morgan fingerprint density at radius 1 is 1.26 bits per heavy atom. The number of aryl methyl sites for hydroxylation is 1. The third-order valence-electron chi connectivity index (χ3n) is 5.76. The molecule has 1 saturated carbocycles. The fourth-order valence-corrected chi connectivity index (χ4v) is 4.14. The topological polar surface area (TPSA) is 99.3 Å². The van der Waals surface area contributed by atoms with Crippen LogP contribution in [0.3, 0.4) is 0 Å². The third-order valence-corrected chi connectivity index (χ3v) is 5.76. The molecule has 4 rings (SSSR count). The second-order valence-corrected chi connectivity index (χ2v) is 7.64. The molecule has 1 aromatic carbocycles. The number of nitrogens with zero attached hydrogens (tertiary/aromatic N) is 3. The van der Waals surface area contributed by atoms with Gasteiger partial charge in [-0.2, -0.15) is 4.68 Å². The van der Waals surface area contributed by atoms with Crippen molar-refractivity contribution < 1.29 is 4.39 Å². The largest absolute Gasteiger partial charge is 0.369 e. The van der Waals surface area contributed by atoms with Crippen LogP contribution in [-0.2, 0) is 0 Å². The first kappa shape index (κ1) is 19.7. The summed E-state index contributed by atoms with van der Waals surface area (Å²) in [6, 6.07) is 1.28. The summed E-state index contributed by atoms with van der Waals surface area (Å²) in [7, 11) is 0. The molecule has 9 heteroatoms. The molecule has 1 aromatic heterocycles. The lowest BCUT2D eigenvalue weighted by Crippen LogP contribution is -2.44. The number of halogens is 2. The summed E-state index contributed by atoms with van der Waals surface area (Å²) in [4.78, 5) is 27.0. The molecule has 7 nitrogen and oxygen atoms in total. The van der Waals surface area contributed by atoms with Gasteiger partial charge in [0.15, 0.2) is 0 Å². The average molecular weight is 398 g/mol. The Balaban J connectivity index is 0.00000210. The van der Waals surface area contributed by atoms with Crippen molar-refractivity contribution >= 4 is 29.0 Å². The van der Waals surface area contributed by atoms with E-state index in [1.54, 1.807) is 11.5 Å². The highest BCUT2D eigenvalue weighted by Gasteiger charge is 2.32.